The Labute approximate surface area is 120 Å². The summed E-state index contributed by atoms with van der Waals surface area (Å²) in [6.45, 7) is 6.78. The normalized spacial score (nSPS) is 11.1. The van der Waals surface area contributed by atoms with Crippen LogP contribution in [0.15, 0.2) is 30.5 Å². The number of benzene rings is 1. The third-order valence-corrected chi connectivity index (χ3v) is 3.25. The summed E-state index contributed by atoms with van der Waals surface area (Å²) in [5, 5.41) is 2.20. The second-order valence-corrected chi connectivity index (χ2v) is 5.32. The lowest BCUT2D eigenvalue weighted by molar-refractivity contribution is 0.420. The van der Waals surface area contributed by atoms with E-state index in [-0.39, 0.29) is 0 Å². The van der Waals surface area contributed by atoms with Gasteiger partial charge in [0, 0.05) is 36.6 Å². The molecule has 0 radical (unpaired) electrons. The quantitative estimate of drug-likeness (QED) is 0.879. The number of methoxy groups -OCH3 is 1. The Kier molecular flexibility index (Phi) is 4.79. The van der Waals surface area contributed by atoms with Gasteiger partial charge in [-0.25, -0.2) is 4.98 Å². The molecule has 108 valence electrons. The molecule has 0 fully saturated rings. The standard InChI is InChI=1S/C16H23N3O/c1-12(2)11-19(10-8-17)16-14-5-4-6-15(20-3)13(14)7-9-18-16/h4-7,9,12H,8,10-11,17H2,1-3H3. The van der Waals surface area contributed by atoms with Crippen molar-refractivity contribution in [1.82, 2.24) is 4.98 Å². The molecule has 0 aliphatic carbocycles. The number of nitrogens with two attached hydrogens (primary N) is 1. The predicted octanol–water partition coefficient (Wildman–Crippen LogP) is 2.66. The van der Waals surface area contributed by atoms with Crippen LogP contribution in [0.4, 0.5) is 5.82 Å². The molecular formula is C16H23N3O. The Morgan fingerprint density at radius 3 is 2.70 bits per heavy atom. The smallest absolute Gasteiger partial charge is 0.136 e. The fourth-order valence-electron chi connectivity index (χ4n) is 2.47. The molecule has 20 heavy (non-hydrogen) atoms. The summed E-state index contributed by atoms with van der Waals surface area (Å²) in [4.78, 5) is 6.83. The van der Waals surface area contributed by atoms with Gasteiger partial charge < -0.3 is 15.4 Å². The summed E-state index contributed by atoms with van der Waals surface area (Å²) in [6.07, 6.45) is 1.84. The number of pyridine rings is 1. The van der Waals surface area contributed by atoms with Crippen LogP contribution in [0.1, 0.15) is 13.8 Å². The van der Waals surface area contributed by atoms with E-state index in [0.717, 1.165) is 35.4 Å². The molecule has 0 spiro atoms. The maximum Gasteiger partial charge on any atom is 0.136 e. The van der Waals surface area contributed by atoms with Crippen LogP contribution in [-0.2, 0) is 0 Å². The molecule has 0 atom stereocenters. The van der Waals surface area contributed by atoms with Crippen LogP contribution in [0, 0.1) is 5.92 Å². The lowest BCUT2D eigenvalue weighted by Crippen LogP contribution is -2.33. The average Bonchev–Trinajstić information content (AvgIpc) is 2.45. The van der Waals surface area contributed by atoms with Crippen molar-refractivity contribution in [2.45, 2.75) is 13.8 Å². The molecule has 2 N–H and O–H groups in total. The molecule has 1 aromatic carbocycles. The van der Waals surface area contributed by atoms with Crippen LogP contribution in [0.2, 0.25) is 0 Å². The number of hydrogen-bond acceptors (Lipinski definition) is 4. The number of rotatable bonds is 6. The molecule has 1 heterocycles. The highest BCUT2D eigenvalue weighted by Crippen LogP contribution is 2.31. The van der Waals surface area contributed by atoms with Gasteiger partial charge in [-0.1, -0.05) is 26.0 Å². The van der Waals surface area contributed by atoms with Gasteiger partial charge in [-0.05, 0) is 18.1 Å². The topological polar surface area (TPSA) is 51.4 Å². The van der Waals surface area contributed by atoms with E-state index in [0.29, 0.717) is 12.5 Å². The van der Waals surface area contributed by atoms with Gasteiger partial charge >= 0.3 is 0 Å². The minimum absolute atomic E-state index is 0.559. The third kappa shape index (κ3) is 3.02. The molecule has 0 amide bonds. The van der Waals surface area contributed by atoms with Crippen LogP contribution in [0.3, 0.4) is 0 Å². The van der Waals surface area contributed by atoms with Crippen molar-refractivity contribution in [2.24, 2.45) is 11.7 Å². The van der Waals surface area contributed by atoms with Crippen LogP contribution in [-0.4, -0.2) is 31.7 Å². The van der Waals surface area contributed by atoms with Gasteiger partial charge in [0.1, 0.15) is 11.6 Å². The van der Waals surface area contributed by atoms with Crippen molar-refractivity contribution in [3.05, 3.63) is 30.5 Å². The Hall–Kier alpha value is -1.81. The fraction of sp³-hybridized carbons (Fsp3) is 0.438. The second kappa shape index (κ2) is 6.57. The molecule has 0 saturated carbocycles. The van der Waals surface area contributed by atoms with E-state index in [4.69, 9.17) is 10.5 Å². The Morgan fingerprint density at radius 2 is 2.05 bits per heavy atom. The zero-order chi connectivity index (χ0) is 14.5. The molecule has 0 bridgehead atoms. The van der Waals surface area contributed by atoms with Crippen molar-refractivity contribution in [3.8, 4) is 5.75 Å². The maximum atomic E-state index is 5.75. The van der Waals surface area contributed by atoms with Crippen molar-refractivity contribution in [1.29, 1.82) is 0 Å². The minimum atomic E-state index is 0.559. The monoisotopic (exact) mass is 273 g/mol. The van der Waals surface area contributed by atoms with E-state index in [1.54, 1.807) is 7.11 Å². The van der Waals surface area contributed by atoms with E-state index in [1.807, 2.05) is 24.4 Å². The van der Waals surface area contributed by atoms with Crippen LogP contribution in [0.25, 0.3) is 10.8 Å². The van der Waals surface area contributed by atoms with Gasteiger partial charge in [0.05, 0.1) is 7.11 Å². The lowest BCUT2D eigenvalue weighted by Gasteiger charge is -2.26. The molecule has 0 unspecified atom stereocenters. The van der Waals surface area contributed by atoms with Crippen LogP contribution in [0.5, 0.6) is 5.75 Å². The number of ether oxygens (including phenoxy) is 1. The highest BCUT2D eigenvalue weighted by molar-refractivity contribution is 5.96. The van der Waals surface area contributed by atoms with Crippen LogP contribution < -0.4 is 15.4 Å². The van der Waals surface area contributed by atoms with Crippen molar-refractivity contribution < 1.29 is 4.74 Å². The second-order valence-electron chi connectivity index (χ2n) is 5.32. The molecule has 0 aliphatic rings. The predicted molar refractivity (Wildman–Crippen MR) is 84.4 cm³/mol. The summed E-state index contributed by atoms with van der Waals surface area (Å²) < 4.78 is 5.43. The molecule has 1 aromatic heterocycles. The summed E-state index contributed by atoms with van der Waals surface area (Å²) in [5.41, 5.74) is 5.75. The maximum absolute atomic E-state index is 5.75. The van der Waals surface area contributed by atoms with E-state index in [9.17, 15) is 0 Å². The van der Waals surface area contributed by atoms with Gasteiger partial charge in [-0.2, -0.15) is 0 Å². The first-order chi connectivity index (χ1) is 9.67. The van der Waals surface area contributed by atoms with Gasteiger partial charge in [-0.15, -0.1) is 0 Å². The Morgan fingerprint density at radius 1 is 1.25 bits per heavy atom. The Bertz CT molecular complexity index is 569. The van der Waals surface area contributed by atoms with Gasteiger partial charge in [-0.3, -0.25) is 0 Å². The summed E-state index contributed by atoms with van der Waals surface area (Å²) in [6, 6.07) is 8.06. The summed E-state index contributed by atoms with van der Waals surface area (Å²) >= 11 is 0. The number of aromatic nitrogens is 1. The third-order valence-electron chi connectivity index (χ3n) is 3.25. The molecule has 0 saturated heterocycles. The highest BCUT2D eigenvalue weighted by atomic mass is 16.5. The minimum Gasteiger partial charge on any atom is -0.496 e. The highest BCUT2D eigenvalue weighted by Gasteiger charge is 2.14. The van der Waals surface area contributed by atoms with E-state index >= 15 is 0 Å². The zero-order valence-electron chi connectivity index (χ0n) is 12.5. The number of fused-ring (bicyclic) bond motifs is 1. The van der Waals surface area contributed by atoms with Crippen molar-refractivity contribution in [3.63, 3.8) is 0 Å². The lowest BCUT2D eigenvalue weighted by atomic mass is 10.1. The first kappa shape index (κ1) is 14.6. The molecular weight excluding hydrogens is 250 g/mol. The molecule has 2 rings (SSSR count). The SMILES string of the molecule is COc1cccc2c(N(CCN)CC(C)C)nccc12. The van der Waals surface area contributed by atoms with Gasteiger partial charge in [0.15, 0.2) is 0 Å². The van der Waals surface area contributed by atoms with Crippen molar-refractivity contribution >= 4 is 16.6 Å². The van der Waals surface area contributed by atoms with Gasteiger partial charge in [0.25, 0.3) is 0 Å². The first-order valence-electron chi connectivity index (χ1n) is 7.04. The van der Waals surface area contributed by atoms with E-state index < -0.39 is 0 Å². The zero-order valence-corrected chi connectivity index (χ0v) is 12.5. The van der Waals surface area contributed by atoms with E-state index in [2.05, 4.69) is 29.8 Å². The van der Waals surface area contributed by atoms with Crippen LogP contribution >= 0.6 is 0 Å². The number of nitrogens with zero attached hydrogens (tertiary/aromatic N) is 2. The van der Waals surface area contributed by atoms with E-state index in [1.165, 1.54) is 0 Å². The van der Waals surface area contributed by atoms with Crippen molar-refractivity contribution in [2.75, 3.05) is 31.6 Å². The Balaban J connectivity index is 2.51. The molecule has 2 aromatic rings. The molecule has 4 heteroatoms. The largest absolute Gasteiger partial charge is 0.496 e. The fourth-order valence-corrected chi connectivity index (χ4v) is 2.47. The first-order valence-corrected chi connectivity index (χ1v) is 7.04. The summed E-state index contributed by atoms with van der Waals surface area (Å²) in [5.74, 6) is 2.42. The average molecular weight is 273 g/mol. The number of anilines is 1. The number of hydrogen-bond donors (Lipinski definition) is 1. The molecule has 4 nitrogen and oxygen atoms in total. The van der Waals surface area contributed by atoms with Gasteiger partial charge in [0.2, 0.25) is 0 Å². The summed E-state index contributed by atoms with van der Waals surface area (Å²) in [7, 11) is 1.70. The molecule has 0 aliphatic heterocycles.